The molecule has 1 saturated carbocycles. The molecule has 3 saturated heterocycles. The van der Waals surface area contributed by atoms with Crippen LogP contribution in [0.1, 0.15) is 109 Å². The monoisotopic (exact) mass is 1170 g/mol. The van der Waals surface area contributed by atoms with E-state index in [0.717, 1.165) is 15.5 Å². The molecular formula is C72H82B3BrO7. The van der Waals surface area contributed by atoms with Crippen LogP contribution in [0, 0.1) is 0 Å². The van der Waals surface area contributed by atoms with Crippen molar-refractivity contribution in [1.29, 1.82) is 0 Å². The minimum absolute atomic E-state index is 0.350. The van der Waals surface area contributed by atoms with E-state index in [4.69, 9.17) is 32.7 Å². The SMILES string of the molecule is Brc1cccc(-c2cccc(-c3cccc(-c4ccccc4)c3)c2)c1.CC1(C)OB(B2OC(C)(C)C(C)(C)O2)OC1(C)C.CC1(C)OB(c2cccc(-c3cccc(-c4cccc(-c5ccccc5)c4)c3)c2)OC1(C)C.COC1CCCC1. The Morgan fingerprint density at radius 2 is 0.590 bits per heavy atom. The normalized spacial score (nSPS) is 18.7. The van der Waals surface area contributed by atoms with Gasteiger partial charge in [-0.15, -0.1) is 0 Å². The lowest BCUT2D eigenvalue weighted by molar-refractivity contribution is 0.00578. The van der Waals surface area contributed by atoms with Gasteiger partial charge >= 0.3 is 21.1 Å². The first-order valence-electron chi connectivity index (χ1n) is 29.4. The predicted molar refractivity (Wildman–Crippen MR) is 350 cm³/mol. The van der Waals surface area contributed by atoms with Crippen LogP contribution in [0.2, 0.25) is 0 Å². The molecule has 0 aromatic heterocycles. The van der Waals surface area contributed by atoms with Crippen molar-refractivity contribution in [3.8, 4) is 66.8 Å². The maximum atomic E-state index is 6.27. The van der Waals surface area contributed by atoms with Gasteiger partial charge in [-0.05, 0) is 205 Å². The first-order valence-corrected chi connectivity index (χ1v) is 30.2. The number of ether oxygens (including phenoxy) is 1. The van der Waals surface area contributed by atoms with Crippen LogP contribution in [0.4, 0.5) is 0 Å². The van der Waals surface area contributed by atoms with Crippen LogP contribution in [-0.4, -0.2) is 68.0 Å². The molecule has 4 fully saturated rings. The van der Waals surface area contributed by atoms with Gasteiger partial charge < -0.3 is 32.7 Å². The summed E-state index contributed by atoms with van der Waals surface area (Å²) in [5, 5.41) is 0. The van der Waals surface area contributed by atoms with Crippen LogP contribution in [0.5, 0.6) is 0 Å². The van der Waals surface area contributed by atoms with E-state index in [9.17, 15) is 0 Å². The van der Waals surface area contributed by atoms with Crippen molar-refractivity contribution in [2.24, 2.45) is 0 Å². The van der Waals surface area contributed by atoms with E-state index in [1.165, 1.54) is 86.9 Å². The number of rotatable bonds is 9. The quantitative estimate of drug-likeness (QED) is 0.133. The molecule has 3 aliphatic heterocycles. The van der Waals surface area contributed by atoms with Gasteiger partial charge in [-0.25, -0.2) is 0 Å². The first-order chi connectivity index (χ1) is 39.4. The zero-order chi connectivity index (χ0) is 59.2. The van der Waals surface area contributed by atoms with E-state index in [-0.39, 0.29) is 40.7 Å². The topological polar surface area (TPSA) is 64.6 Å². The molecule has 0 radical (unpaired) electrons. The Bertz CT molecular complexity index is 3350. The lowest BCUT2D eigenvalue weighted by atomic mass is 9.49. The third-order valence-corrected chi connectivity index (χ3v) is 18.1. The highest BCUT2D eigenvalue weighted by Crippen LogP contribution is 2.43. The minimum atomic E-state index is -0.476. The molecule has 0 atom stereocenters. The number of halogens is 1. The van der Waals surface area contributed by atoms with Gasteiger partial charge in [-0.2, -0.15) is 0 Å². The molecule has 3 heterocycles. The highest BCUT2D eigenvalue weighted by atomic mass is 79.9. The molecule has 0 N–H and O–H groups in total. The highest BCUT2D eigenvalue weighted by Gasteiger charge is 2.63. The van der Waals surface area contributed by atoms with Gasteiger partial charge in [0, 0.05) is 11.6 Å². The fraction of sp³-hybridized carbons (Fsp3) is 0.333. The Balaban J connectivity index is 0.000000146. The molecule has 4 aliphatic rings. The van der Waals surface area contributed by atoms with E-state index in [2.05, 4.69) is 250 Å². The number of methoxy groups -OCH3 is 1. The van der Waals surface area contributed by atoms with Crippen LogP contribution >= 0.6 is 15.9 Å². The zero-order valence-electron chi connectivity index (χ0n) is 51.0. The molecule has 0 amide bonds. The maximum absolute atomic E-state index is 6.27. The van der Waals surface area contributed by atoms with Crippen molar-refractivity contribution in [1.82, 2.24) is 0 Å². The van der Waals surface area contributed by atoms with Crippen LogP contribution in [-0.2, 0) is 32.7 Å². The van der Waals surface area contributed by atoms with Gasteiger partial charge in [0.1, 0.15) is 0 Å². The fourth-order valence-corrected chi connectivity index (χ4v) is 10.8. The summed E-state index contributed by atoms with van der Waals surface area (Å²) in [7, 11) is 0.489. The molecule has 11 heteroatoms. The lowest BCUT2D eigenvalue weighted by Crippen LogP contribution is -2.41. The smallest absolute Gasteiger partial charge is 0.405 e. The summed E-state index contributed by atoms with van der Waals surface area (Å²) in [6, 6.07) is 72.8. The van der Waals surface area contributed by atoms with Crippen molar-refractivity contribution in [3.63, 3.8) is 0 Å². The second-order valence-corrected chi connectivity index (χ2v) is 26.1. The number of benzene rings is 8. The van der Waals surface area contributed by atoms with Crippen LogP contribution < -0.4 is 5.46 Å². The Kier molecular flexibility index (Phi) is 19.2. The molecule has 0 spiro atoms. The Labute approximate surface area is 505 Å². The summed E-state index contributed by atoms with van der Waals surface area (Å²) in [6.07, 6.45) is 5.92. The molecule has 428 valence electrons. The highest BCUT2D eigenvalue weighted by molar-refractivity contribution is 9.10. The molecule has 8 aromatic rings. The predicted octanol–water partition coefficient (Wildman–Crippen LogP) is 18.3. The van der Waals surface area contributed by atoms with Crippen molar-refractivity contribution in [2.45, 2.75) is 148 Å². The van der Waals surface area contributed by atoms with Crippen molar-refractivity contribution in [2.75, 3.05) is 7.11 Å². The van der Waals surface area contributed by atoms with Crippen molar-refractivity contribution >= 4 is 42.5 Å². The van der Waals surface area contributed by atoms with E-state index >= 15 is 0 Å². The second-order valence-electron chi connectivity index (χ2n) is 25.2. The summed E-state index contributed by atoms with van der Waals surface area (Å²) in [4.78, 5) is 0. The minimum Gasteiger partial charge on any atom is -0.405 e. The zero-order valence-corrected chi connectivity index (χ0v) is 52.6. The van der Waals surface area contributed by atoms with Gasteiger partial charge in [-0.3, -0.25) is 0 Å². The second kappa shape index (κ2) is 25.8. The number of hydrogen-bond acceptors (Lipinski definition) is 7. The van der Waals surface area contributed by atoms with Crippen molar-refractivity contribution < 1.29 is 32.7 Å². The largest absolute Gasteiger partial charge is 0.494 e. The Morgan fingerprint density at radius 1 is 0.325 bits per heavy atom. The molecule has 12 rings (SSSR count). The van der Waals surface area contributed by atoms with Crippen LogP contribution in [0.25, 0.3) is 66.8 Å². The summed E-state index contributed by atoms with van der Waals surface area (Å²) in [5.74, 6) is 0. The van der Waals surface area contributed by atoms with Crippen molar-refractivity contribution in [3.05, 3.63) is 211 Å². The maximum Gasteiger partial charge on any atom is 0.494 e. The summed E-state index contributed by atoms with van der Waals surface area (Å²) < 4.78 is 42.6. The third kappa shape index (κ3) is 14.8. The van der Waals surface area contributed by atoms with Gasteiger partial charge in [-0.1, -0.05) is 199 Å². The van der Waals surface area contributed by atoms with Gasteiger partial charge in [0.05, 0.1) is 39.7 Å². The van der Waals surface area contributed by atoms with E-state index in [0.29, 0.717) is 6.10 Å². The summed E-state index contributed by atoms with van der Waals surface area (Å²) in [6.45, 7) is 24.6. The van der Waals surface area contributed by atoms with Gasteiger partial charge in [0.2, 0.25) is 0 Å². The van der Waals surface area contributed by atoms with Gasteiger partial charge in [0.25, 0.3) is 0 Å². The molecule has 8 aromatic carbocycles. The van der Waals surface area contributed by atoms with E-state index < -0.39 is 14.0 Å². The average Bonchev–Trinajstić information content (AvgIpc) is 3.59. The molecule has 7 nitrogen and oxygen atoms in total. The van der Waals surface area contributed by atoms with Crippen LogP contribution in [0.3, 0.4) is 0 Å². The molecule has 0 unspecified atom stereocenters. The number of hydrogen-bond donors (Lipinski definition) is 0. The summed E-state index contributed by atoms with van der Waals surface area (Å²) in [5.41, 5.74) is 13.5. The molecular weight excluding hydrogens is 1090 g/mol. The average molecular weight is 1170 g/mol. The summed E-state index contributed by atoms with van der Waals surface area (Å²) >= 11 is 3.56. The lowest BCUT2D eigenvalue weighted by Gasteiger charge is -2.32. The van der Waals surface area contributed by atoms with Gasteiger partial charge in [0.15, 0.2) is 0 Å². The Morgan fingerprint density at radius 3 is 0.904 bits per heavy atom. The fourth-order valence-electron chi connectivity index (χ4n) is 10.4. The first kappa shape index (κ1) is 61.7. The standard InChI is InChI=1S/C30H29BO2.C24H17Br.C12H24B2O4.C6H12O/c1-29(2)30(3,4)33-31(32-29)28-18-10-17-27(21-28)26-16-9-15-25(20-26)24-14-8-13-23(19-24)22-11-6-5-7-12-22;25-24-14-6-13-23(17-24)22-12-5-11-21(16-22)20-10-4-9-19(15-20)18-7-2-1-3-8-18;1-9(2)10(3,4)16-13(15-9)14-17-11(5,6)12(7,8)18-14;1-7-6-4-2-3-5-6/h5-21H,1-4H3;1-17H;1-8H3;6H,2-5H2,1H3. The Hall–Kier alpha value is -5.85. The molecule has 1 aliphatic carbocycles. The van der Waals surface area contributed by atoms with Crippen LogP contribution in [0.15, 0.2) is 211 Å². The molecule has 0 bridgehead atoms. The third-order valence-electron chi connectivity index (χ3n) is 17.6. The van der Waals surface area contributed by atoms with E-state index in [1.54, 1.807) is 7.11 Å². The molecule has 83 heavy (non-hydrogen) atoms. The van der Waals surface area contributed by atoms with E-state index in [1.807, 2.05) is 55.4 Å².